The highest BCUT2D eigenvalue weighted by molar-refractivity contribution is 5.45. The zero-order chi connectivity index (χ0) is 14.8. The standard InChI is InChI=1S/C18H21NO2/c1-12-6-13(2)8-15(7-12)10-19-14(3)16-4-5-17-18(9-16)21-11-20-17/h4-9,14,19H,10-11H2,1-3H3. The van der Waals surface area contributed by atoms with Crippen molar-refractivity contribution in [2.45, 2.75) is 33.4 Å². The van der Waals surface area contributed by atoms with Gasteiger partial charge in [0, 0.05) is 12.6 Å². The first-order chi connectivity index (χ1) is 10.1. The van der Waals surface area contributed by atoms with Crippen molar-refractivity contribution in [3.8, 4) is 11.5 Å². The predicted octanol–water partition coefficient (Wildman–Crippen LogP) is 3.88. The van der Waals surface area contributed by atoms with E-state index < -0.39 is 0 Å². The molecule has 0 radical (unpaired) electrons. The van der Waals surface area contributed by atoms with E-state index >= 15 is 0 Å². The highest BCUT2D eigenvalue weighted by atomic mass is 16.7. The third-order valence-corrected chi connectivity index (χ3v) is 3.79. The highest BCUT2D eigenvalue weighted by Gasteiger charge is 2.15. The Morgan fingerprint density at radius 2 is 1.71 bits per heavy atom. The molecule has 0 saturated heterocycles. The van der Waals surface area contributed by atoms with Crippen molar-refractivity contribution in [1.29, 1.82) is 0 Å². The number of hydrogen-bond donors (Lipinski definition) is 1. The van der Waals surface area contributed by atoms with Gasteiger partial charge < -0.3 is 14.8 Å². The summed E-state index contributed by atoms with van der Waals surface area (Å²) in [5.41, 5.74) is 5.15. The van der Waals surface area contributed by atoms with Gasteiger partial charge >= 0.3 is 0 Å². The van der Waals surface area contributed by atoms with E-state index in [1.54, 1.807) is 0 Å². The second-order valence-electron chi connectivity index (χ2n) is 5.71. The van der Waals surface area contributed by atoms with Gasteiger partial charge in [0.2, 0.25) is 6.79 Å². The Labute approximate surface area is 125 Å². The van der Waals surface area contributed by atoms with Crippen molar-refractivity contribution >= 4 is 0 Å². The number of rotatable bonds is 4. The summed E-state index contributed by atoms with van der Waals surface area (Å²) in [5.74, 6) is 1.67. The van der Waals surface area contributed by atoms with Gasteiger partial charge in [-0.25, -0.2) is 0 Å². The largest absolute Gasteiger partial charge is 0.454 e. The van der Waals surface area contributed by atoms with E-state index in [-0.39, 0.29) is 6.04 Å². The van der Waals surface area contributed by atoms with Gasteiger partial charge in [0.15, 0.2) is 11.5 Å². The van der Waals surface area contributed by atoms with Crippen LogP contribution >= 0.6 is 0 Å². The maximum Gasteiger partial charge on any atom is 0.231 e. The summed E-state index contributed by atoms with van der Waals surface area (Å²) in [6, 6.07) is 13.0. The monoisotopic (exact) mass is 283 g/mol. The molecule has 1 heterocycles. The number of fused-ring (bicyclic) bond motifs is 1. The molecule has 0 spiro atoms. The Kier molecular flexibility index (Phi) is 3.84. The summed E-state index contributed by atoms with van der Waals surface area (Å²) in [4.78, 5) is 0. The second kappa shape index (κ2) is 5.78. The SMILES string of the molecule is Cc1cc(C)cc(CNC(C)c2ccc3c(c2)OCO3)c1. The predicted molar refractivity (Wildman–Crippen MR) is 83.7 cm³/mol. The van der Waals surface area contributed by atoms with Gasteiger partial charge in [-0.2, -0.15) is 0 Å². The number of aryl methyl sites for hydroxylation is 2. The Bertz CT molecular complexity index is 631. The highest BCUT2D eigenvalue weighted by Crippen LogP contribution is 2.34. The quantitative estimate of drug-likeness (QED) is 0.923. The van der Waals surface area contributed by atoms with E-state index in [0.29, 0.717) is 6.79 Å². The molecule has 1 N–H and O–H groups in total. The molecule has 1 unspecified atom stereocenters. The summed E-state index contributed by atoms with van der Waals surface area (Å²) >= 11 is 0. The molecule has 21 heavy (non-hydrogen) atoms. The van der Waals surface area contributed by atoms with Crippen LogP contribution in [0.4, 0.5) is 0 Å². The maximum atomic E-state index is 5.43. The van der Waals surface area contributed by atoms with Crippen LogP contribution in [0.2, 0.25) is 0 Å². The average Bonchev–Trinajstić information content (AvgIpc) is 2.91. The Morgan fingerprint density at radius 3 is 2.48 bits per heavy atom. The van der Waals surface area contributed by atoms with Crippen LogP contribution in [0, 0.1) is 13.8 Å². The third kappa shape index (κ3) is 3.19. The number of hydrogen-bond acceptors (Lipinski definition) is 3. The molecule has 1 aliphatic heterocycles. The fourth-order valence-corrected chi connectivity index (χ4v) is 2.74. The summed E-state index contributed by atoms with van der Waals surface area (Å²) in [7, 11) is 0. The third-order valence-electron chi connectivity index (χ3n) is 3.79. The molecule has 0 amide bonds. The van der Waals surface area contributed by atoms with E-state index in [1.807, 2.05) is 6.07 Å². The molecule has 0 saturated carbocycles. The molecule has 0 aliphatic carbocycles. The Balaban J connectivity index is 1.67. The fraction of sp³-hybridized carbons (Fsp3) is 0.333. The molecular formula is C18H21NO2. The molecule has 0 aromatic heterocycles. The minimum atomic E-state index is 0.264. The molecule has 0 bridgehead atoms. The number of ether oxygens (including phenoxy) is 2. The molecule has 110 valence electrons. The molecular weight excluding hydrogens is 262 g/mol. The molecule has 3 nitrogen and oxygen atoms in total. The van der Waals surface area contributed by atoms with Gasteiger partial charge in [0.25, 0.3) is 0 Å². The zero-order valence-electron chi connectivity index (χ0n) is 12.8. The zero-order valence-corrected chi connectivity index (χ0v) is 12.8. The average molecular weight is 283 g/mol. The van der Waals surface area contributed by atoms with Gasteiger partial charge in [0.05, 0.1) is 0 Å². The van der Waals surface area contributed by atoms with Crippen LogP contribution in [-0.4, -0.2) is 6.79 Å². The van der Waals surface area contributed by atoms with E-state index in [1.165, 1.54) is 22.3 Å². The normalized spacial score (nSPS) is 14.2. The topological polar surface area (TPSA) is 30.5 Å². The van der Waals surface area contributed by atoms with Crippen molar-refractivity contribution in [3.05, 3.63) is 58.7 Å². The van der Waals surface area contributed by atoms with Crippen molar-refractivity contribution < 1.29 is 9.47 Å². The molecule has 1 aliphatic rings. The summed E-state index contributed by atoms with van der Waals surface area (Å²) in [6.45, 7) is 7.62. The Hall–Kier alpha value is -2.00. The van der Waals surface area contributed by atoms with Crippen molar-refractivity contribution in [2.75, 3.05) is 6.79 Å². The van der Waals surface area contributed by atoms with Crippen molar-refractivity contribution in [2.24, 2.45) is 0 Å². The molecule has 0 fully saturated rings. The van der Waals surface area contributed by atoms with Gasteiger partial charge in [-0.15, -0.1) is 0 Å². The van der Waals surface area contributed by atoms with E-state index in [9.17, 15) is 0 Å². The first-order valence-corrected chi connectivity index (χ1v) is 7.32. The molecule has 3 rings (SSSR count). The summed E-state index contributed by atoms with van der Waals surface area (Å²) in [5, 5.41) is 3.56. The minimum absolute atomic E-state index is 0.264. The lowest BCUT2D eigenvalue weighted by Crippen LogP contribution is -2.18. The second-order valence-corrected chi connectivity index (χ2v) is 5.71. The van der Waals surface area contributed by atoms with Crippen LogP contribution in [0.25, 0.3) is 0 Å². The minimum Gasteiger partial charge on any atom is -0.454 e. The van der Waals surface area contributed by atoms with Gasteiger partial charge in [0.1, 0.15) is 0 Å². The van der Waals surface area contributed by atoms with Crippen molar-refractivity contribution in [3.63, 3.8) is 0 Å². The van der Waals surface area contributed by atoms with Crippen molar-refractivity contribution in [1.82, 2.24) is 5.32 Å². The van der Waals surface area contributed by atoms with Gasteiger partial charge in [-0.3, -0.25) is 0 Å². The van der Waals surface area contributed by atoms with E-state index in [4.69, 9.17) is 9.47 Å². The first-order valence-electron chi connectivity index (χ1n) is 7.32. The van der Waals surface area contributed by atoms with Crippen LogP contribution in [0.5, 0.6) is 11.5 Å². The smallest absolute Gasteiger partial charge is 0.231 e. The van der Waals surface area contributed by atoms with Crippen LogP contribution < -0.4 is 14.8 Å². The van der Waals surface area contributed by atoms with Crippen LogP contribution in [0.3, 0.4) is 0 Å². The molecule has 2 aromatic carbocycles. The Morgan fingerprint density at radius 1 is 1.00 bits per heavy atom. The first kappa shape index (κ1) is 14.0. The number of nitrogens with one attached hydrogen (secondary N) is 1. The van der Waals surface area contributed by atoms with Gasteiger partial charge in [-0.05, 0) is 44.0 Å². The fourth-order valence-electron chi connectivity index (χ4n) is 2.74. The van der Waals surface area contributed by atoms with E-state index in [2.05, 4.69) is 56.4 Å². The summed E-state index contributed by atoms with van der Waals surface area (Å²) < 4.78 is 10.8. The summed E-state index contributed by atoms with van der Waals surface area (Å²) in [6.07, 6.45) is 0. The molecule has 3 heteroatoms. The van der Waals surface area contributed by atoms with Crippen LogP contribution in [0.1, 0.15) is 35.2 Å². The lowest BCUT2D eigenvalue weighted by atomic mass is 10.1. The van der Waals surface area contributed by atoms with Gasteiger partial charge in [-0.1, -0.05) is 35.4 Å². The molecule has 2 aromatic rings. The van der Waals surface area contributed by atoms with Crippen LogP contribution in [-0.2, 0) is 6.54 Å². The molecule has 1 atom stereocenters. The van der Waals surface area contributed by atoms with E-state index in [0.717, 1.165) is 18.0 Å². The maximum absolute atomic E-state index is 5.43. The number of benzene rings is 2. The van der Waals surface area contributed by atoms with Crippen LogP contribution in [0.15, 0.2) is 36.4 Å². The lowest BCUT2D eigenvalue weighted by molar-refractivity contribution is 0.174. The lowest BCUT2D eigenvalue weighted by Gasteiger charge is -2.15.